The first-order valence-corrected chi connectivity index (χ1v) is 3.23. The summed E-state index contributed by atoms with van der Waals surface area (Å²) in [5.41, 5.74) is 0.971. The summed E-state index contributed by atoms with van der Waals surface area (Å²) >= 11 is 0. The van der Waals surface area contributed by atoms with E-state index in [4.69, 9.17) is 5.26 Å². The van der Waals surface area contributed by atoms with Gasteiger partial charge in [0.2, 0.25) is 0 Å². The van der Waals surface area contributed by atoms with Crippen molar-refractivity contribution in [3.8, 4) is 6.19 Å². The van der Waals surface area contributed by atoms with Gasteiger partial charge in [-0.3, -0.25) is 0 Å². The lowest BCUT2D eigenvalue weighted by Crippen LogP contribution is -1.87. The highest BCUT2D eigenvalue weighted by molar-refractivity contribution is 5.07. The molecule has 0 aliphatic carbocycles. The minimum absolute atomic E-state index is 0.763. The lowest BCUT2D eigenvalue weighted by atomic mass is 10.4. The summed E-state index contributed by atoms with van der Waals surface area (Å²) in [4.78, 5) is 4.14. The standard InChI is InChI=1S/C7H9N3/c1-3-7-4-10(5-8)6(2)9-7/h4H,3H2,1-2H3. The van der Waals surface area contributed by atoms with Crippen LogP contribution in [-0.2, 0) is 6.42 Å². The van der Waals surface area contributed by atoms with Crippen molar-refractivity contribution in [1.82, 2.24) is 9.55 Å². The van der Waals surface area contributed by atoms with E-state index < -0.39 is 0 Å². The lowest BCUT2D eigenvalue weighted by Gasteiger charge is -1.83. The van der Waals surface area contributed by atoms with E-state index in [2.05, 4.69) is 4.98 Å². The van der Waals surface area contributed by atoms with Crippen molar-refractivity contribution in [1.29, 1.82) is 5.26 Å². The van der Waals surface area contributed by atoms with Crippen LogP contribution >= 0.6 is 0 Å². The van der Waals surface area contributed by atoms with E-state index in [-0.39, 0.29) is 0 Å². The molecule has 1 aromatic heterocycles. The normalized spacial score (nSPS) is 9.30. The lowest BCUT2D eigenvalue weighted by molar-refractivity contribution is 0.986. The van der Waals surface area contributed by atoms with Crippen LogP contribution in [0.5, 0.6) is 0 Å². The smallest absolute Gasteiger partial charge is 0.189 e. The first kappa shape index (κ1) is 6.81. The molecule has 0 saturated heterocycles. The Morgan fingerprint density at radius 1 is 1.80 bits per heavy atom. The Balaban J connectivity index is 3.07. The van der Waals surface area contributed by atoms with Gasteiger partial charge in [0.25, 0.3) is 0 Å². The zero-order chi connectivity index (χ0) is 7.56. The number of hydrogen-bond donors (Lipinski definition) is 0. The summed E-state index contributed by atoms with van der Waals surface area (Å²) in [6.45, 7) is 3.84. The molecule has 0 radical (unpaired) electrons. The largest absolute Gasteiger partial charge is 0.240 e. The van der Waals surface area contributed by atoms with Crippen LogP contribution in [0.25, 0.3) is 0 Å². The second-order valence-corrected chi connectivity index (χ2v) is 2.10. The average molecular weight is 135 g/mol. The number of aromatic nitrogens is 2. The second kappa shape index (κ2) is 2.53. The van der Waals surface area contributed by atoms with Crippen molar-refractivity contribution in [3.05, 3.63) is 17.7 Å². The molecule has 0 N–H and O–H groups in total. The van der Waals surface area contributed by atoms with E-state index in [9.17, 15) is 0 Å². The Morgan fingerprint density at radius 3 is 2.80 bits per heavy atom. The fourth-order valence-electron chi connectivity index (χ4n) is 0.805. The second-order valence-electron chi connectivity index (χ2n) is 2.10. The maximum atomic E-state index is 8.50. The predicted molar refractivity (Wildman–Crippen MR) is 37.4 cm³/mol. The molecule has 0 spiro atoms. The van der Waals surface area contributed by atoms with Crippen LogP contribution < -0.4 is 0 Å². The molecule has 1 rings (SSSR count). The quantitative estimate of drug-likeness (QED) is 0.578. The monoisotopic (exact) mass is 135 g/mol. The summed E-state index contributed by atoms with van der Waals surface area (Å²) in [5.74, 6) is 0.763. The molecule has 0 saturated carbocycles. The molecule has 1 heterocycles. The van der Waals surface area contributed by atoms with E-state index in [1.54, 1.807) is 6.20 Å². The summed E-state index contributed by atoms with van der Waals surface area (Å²) in [7, 11) is 0. The van der Waals surface area contributed by atoms with Gasteiger partial charge < -0.3 is 0 Å². The van der Waals surface area contributed by atoms with E-state index in [0.29, 0.717) is 0 Å². The van der Waals surface area contributed by atoms with Gasteiger partial charge in [-0.15, -0.1) is 0 Å². The Hall–Kier alpha value is -1.30. The third-order valence-corrected chi connectivity index (χ3v) is 1.40. The molecule has 0 bridgehead atoms. The molecule has 0 amide bonds. The Bertz CT molecular complexity index is 267. The van der Waals surface area contributed by atoms with Gasteiger partial charge in [0.15, 0.2) is 6.19 Å². The first-order valence-electron chi connectivity index (χ1n) is 3.23. The van der Waals surface area contributed by atoms with Gasteiger partial charge in [-0.2, -0.15) is 5.26 Å². The van der Waals surface area contributed by atoms with Crippen molar-refractivity contribution in [3.63, 3.8) is 0 Å². The summed E-state index contributed by atoms with van der Waals surface area (Å²) in [5, 5.41) is 8.50. The SMILES string of the molecule is CCc1cn(C#N)c(C)n1. The molecule has 1 aromatic rings. The van der Waals surface area contributed by atoms with Crippen LogP contribution in [-0.4, -0.2) is 9.55 Å². The number of imidazole rings is 1. The maximum absolute atomic E-state index is 8.50. The van der Waals surface area contributed by atoms with Crippen molar-refractivity contribution in [2.45, 2.75) is 20.3 Å². The van der Waals surface area contributed by atoms with Gasteiger partial charge in [-0.1, -0.05) is 6.92 Å². The van der Waals surface area contributed by atoms with Gasteiger partial charge in [0.05, 0.1) is 5.69 Å². The summed E-state index contributed by atoms with van der Waals surface area (Å²) in [6, 6.07) is 0. The van der Waals surface area contributed by atoms with E-state index >= 15 is 0 Å². The number of nitrogens with zero attached hydrogens (tertiary/aromatic N) is 3. The number of nitriles is 1. The third kappa shape index (κ3) is 1.01. The molecule has 0 aliphatic rings. The van der Waals surface area contributed by atoms with E-state index in [1.807, 2.05) is 20.0 Å². The summed E-state index contributed by atoms with van der Waals surface area (Å²) in [6.07, 6.45) is 4.65. The van der Waals surface area contributed by atoms with Crippen molar-refractivity contribution < 1.29 is 0 Å². The fraction of sp³-hybridized carbons (Fsp3) is 0.429. The first-order chi connectivity index (χ1) is 4.77. The molecule has 52 valence electrons. The fourth-order valence-corrected chi connectivity index (χ4v) is 0.805. The average Bonchev–Trinajstić information content (AvgIpc) is 2.30. The molecule has 0 unspecified atom stereocenters. The highest BCUT2D eigenvalue weighted by Crippen LogP contribution is 2.00. The Labute approximate surface area is 59.9 Å². The molecule has 3 heteroatoms. The van der Waals surface area contributed by atoms with Crippen LogP contribution in [0.2, 0.25) is 0 Å². The van der Waals surface area contributed by atoms with Gasteiger partial charge >= 0.3 is 0 Å². The molecule has 0 aromatic carbocycles. The van der Waals surface area contributed by atoms with Gasteiger partial charge in [0.1, 0.15) is 5.82 Å². The van der Waals surface area contributed by atoms with Crippen molar-refractivity contribution in [2.75, 3.05) is 0 Å². The van der Waals surface area contributed by atoms with Crippen molar-refractivity contribution >= 4 is 0 Å². The Kier molecular flexibility index (Phi) is 1.72. The maximum Gasteiger partial charge on any atom is 0.189 e. The molecule has 10 heavy (non-hydrogen) atoms. The number of aryl methyl sites for hydroxylation is 2. The Morgan fingerprint density at radius 2 is 2.50 bits per heavy atom. The predicted octanol–water partition coefficient (Wildman–Crippen LogP) is 1.08. The molecule has 0 aliphatic heterocycles. The zero-order valence-electron chi connectivity index (χ0n) is 6.13. The molecule has 0 fully saturated rings. The van der Waals surface area contributed by atoms with Crippen LogP contribution in [0.1, 0.15) is 18.4 Å². The van der Waals surface area contributed by atoms with Crippen LogP contribution in [0.3, 0.4) is 0 Å². The molecule has 3 nitrogen and oxygen atoms in total. The third-order valence-electron chi connectivity index (χ3n) is 1.40. The van der Waals surface area contributed by atoms with E-state index in [1.165, 1.54) is 4.57 Å². The van der Waals surface area contributed by atoms with Crippen LogP contribution in [0, 0.1) is 18.4 Å². The van der Waals surface area contributed by atoms with E-state index in [0.717, 1.165) is 17.9 Å². The topological polar surface area (TPSA) is 41.6 Å². The zero-order valence-corrected chi connectivity index (χ0v) is 6.13. The number of hydrogen-bond acceptors (Lipinski definition) is 2. The molecular weight excluding hydrogens is 126 g/mol. The van der Waals surface area contributed by atoms with Crippen molar-refractivity contribution in [2.24, 2.45) is 0 Å². The van der Waals surface area contributed by atoms with Crippen LogP contribution in [0.4, 0.5) is 0 Å². The van der Waals surface area contributed by atoms with Crippen LogP contribution in [0.15, 0.2) is 6.20 Å². The highest BCUT2D eigenvalue weighted by Gasteiger charge is 1.99. The highest BCUT2D eigenvalue weighted by atomic mass is 15.1. The molecular formula is C7H9N3. The molecule has 0 atom stereocenters. The summed E-state index contributed by atoms with van der Waals surface area (Å²) < 4.78 is 1.47. The van der Waals surface area contributed by atoms with Gasteiger partial charge in [-0.25, -0.2) is 9.55 Å². The number of rotatable bonds is 1. The van der Waals surface area contributed by atoms with Gasteiger partial charge in [-0.05, 0) is 13.3 Å². The van der Waals surface area contributed by atoms with Gasteiger partial charge in [0, 0.05) is 6.20 Å². The minimum Gasteiger partial charge on any atom is -0.240 e. The minimum atomic E-state index is 0.763.